The SMILES string of the molecule is COCCN(CCO)Cc1cc(F)cc(C(=N)N)c1. The Bertz CT molecular complexity index is 426. The van der Waals surface area contributed by atoms with Crippen molar-refractivity contribution in [3.63, 3.8) is 0 Å². The molecule has 4 N–H and O–H groups in total. The third-order valence-corrected chi connectivity index (χ3v) is 2.70. The molecule has 0 heterocycles. The van der Waals surface area contributed by atoms with E-state index in [0.29, 0.717) is 31.8 Å². The van der Waals surface area contributed by atoms with Gasteiger partial charge in [0.05, 0.1) is 13.2 Å². The zero-order valence-electron chi connectivity index (χ0n) is 11.0. The maximum Gasteiger partial charge on any atom is 0.124 e. The van der Waals surface area contributed by atoms with Crippen molar-refractivity contribution in [2.75, 3.05) is 33.4 Å². The van der Waals surface area contributed by atoms with Crippen molar-refractivity contribution in [3.05, 3.63) is 35.1 Å². The molecule has 1 aromatic carbocycles. The number of benzene rings is 1. The number of methoxy groups -OCH3 is 1. The molecule has 0 aliphatic rings. The lowest BCUT2D eigenvalue weighted by atomic mass is 10.1. The molecular formula is C13H20FN3O2. The topological polar surface area (TPSA) is 82.6 Å². The van der Waals surface area contributed by atoms with Crippen LogP contribution in [0.15, 0.2) is 18.2 Å². The van der Waals surface area contributed by atoms with Crippen molar-refractivity contribution in [1.29, 1.82) is 5.41 Å². The van der Waals surface area contributed by atoms with Gasteiger partial charge in [0.2, 0.25) is 0 Å². The largest absolute Gasteiger partial charge is 0.395 e. The first-order valence-electron chi connectivity index (χ1n) is 6.03. The van der Waals surface area contributed by atoms with Crippen LogP contribution in [0.3, 0.4) is 0 Å². The van der Waals surface area contributed by atoms with Crippen LogP contribution in [0.25, 0.3) is 0 Å². The maximum absolute atomic E-state index is 13.4. The van der Waals surface area contributed by atoms with Gasteiger partial charge in [-0.15, -0.1) is 0 Å². The molecule has 1 rings (SSSR count). The minimum atomic E-state index is -0.418. The maximum atomic E-state index is 13.4. The van der Waals surface area contributed by atoms with Gasteiger partial charge in [-0.05, 0) is 23.8 Å². The third-order valence-electron chi connectivity index (χ3n) is 2.70. The molecule has 0 fully saturated rings. The highest BCUT2D eigenvalue weighted by Crippen LogP contribution is 2.11. The van der Waals surface area contributed by atoms with Crippen LogP contribution in [0.4, 0.5) is 4.39 Å². The molecule has 6 heteroatoms. The highest BCUT2D eigenvalue weighted by Gasteiger charge is 2.08. The van der Waals surface area contributed by atoms with Crippen LogP contribution < -0.4 is 5.73 Å². The highest BCUT2D eigenvalue weighted by molar-refractivity contribution is 5.95. The molecule has 0 unspecified atom stereocenters. The van der Waals surface area contributed by atoms with Crippen LogP contribution in [-0.4, -0.2) is 49.3 Å². The minimum absolute atomic E-state index is 0.0264. The molecular weight excluding hydrogens is 249 g/mol. The Morgan fingerprint density at radius 1 is 1.42 bits per heavy atom. The fourth-order valence-electron chi connectivity index (χ4n) is 1.79. The standard InChI is InChI=1S/C13H20FN3O2/c1-19-5-3-17(2-4-18)9-10-6-11(13(15)16)8-12(14)7-10/h6-8,18H,2-5,9H2,1H3,(H3,15,16). The summed E-state index contributed by atoms with van der Waals surface area (Å²) in [7, 11) is 1.60. The van der Waals surface area contributed by atoms with E-state index in [4.69, 9.17) is 21.0 Å². The second kappa shape index (κ2) is 7.83. The number of ether oxygens (including phenoxy) is 1. The van der Waals surface area contributed by atoms with Crippen LogP contribution in [0.2, 0.25) is 0 Å². The van der Waals surface area contributed by atoms with Crippen LogP contribution in [0.5, 0.6) is 0 Å². The molecule has 0 amide bonds. The van der Waals surface area contributed by atoms with Gasteiger partial charge in [0.25, 0.3) is 0 Å². The van der Waals surface area contributed by atoms with Crippen molar-refractivity contribution >= 4 is 5.84 Å². The lowest BCUT2D eigenvalue weighted by Gasteiger charge is -2.21. The fourth-order valence-corrected chi connectivity index (χ4v) is 1.79. The Labute approximate surface area is 112 Å². The molecule has 106 valence electrons. The quantitative estimate of drug-likeness (QED) is 0.475. The number of halogens is 1. The number of hydrogen-bond donors (Lipinski definition) is 3. The molecule has 0 saturated carbocycles. The molecule has 5 nitrogen and oxygen atoms in total. The number of aliphatic hydroxyl groups is 1. The van der Waals surface area contributed by atoms with Gasteiger partial charge >= 0.3 is 0 Å². The summed E-state index contributed by atoms with van der Waals surface area (Å²) in [5.74, 6) is -0.579. The van der Waals surface area contributed by atoms with Crippen LogP contribution in [0.1, 0.15) is 11.1 Å². The number of nitrogens with two attached hydrogens (primary N) is 1. The number of hydrogen-bond acceptors (Lipinski definition) is 4. The van der Waals surface area contributed by atoms with Crippen molar-refractivity contribution < 1.29 is 14.2 Å². The van der Waals surface area contributed by atoms with E-state index in [1.807, 2.05) is 4.90 Å². The van der Waals surface area contributed by atoms with E-state index in [9.17, 15) is 4.39 Å². The zero-order chi connectivity index (χ0) is 14.3. The van der Waals surface area contributed by atoms with E-state index in [1.54, 1.807) is 13.2 Å². The minimum Gasteiger partial charge on any atom is -0.395 e. The van der Waals surface area contributed by atoms with E-state index in [-0.39, 0.29) is 12.4 Å². The van der Waals surface area contributed by atoms with Gasteiger partial charge in [0.1, 0.15) is 11.7 Å². The second-order valence-electron chi connectivity index (χ2n) is 4.25. The monoisotopic (exact) mass is 269 g/mol. The van der Waals surface area contributed by atoms with Crippen LogP contribution in [-0.2, 0) is 11.3 Å². The molecule has 0 atom stereocenters. The Morgan fingerprint density at radius 3 is 2.74 bits per heavy atom. The Morgan fingerprint density at radius 2 is 2.16 bits per heavy atom. The molecule has 0 radical (unpaired) electrons. The van der Waals surface area contributed by atoms with E-state index in [2.05, 4.69) is 0 Å². The predicted octanol–water partition coefficient (Wildman–Crippen LogP) is 0.550. The van der Waals surface area contributed by atoms with Gasteiger partial charge in [-0.2, -0.15) is 0 Å². The molecule has 0 aliphatic heterocycles. The summed E-state index contributed by atoms with van der Waals surface area (Å²) >= 11 is 0. The van der Waals surface area contributed by atoms with E-state index in [1.165, 1.54) is 12.1 Å². The van der Waals surface area contributed by atoms with Crippen molar-refractivity contribution in [2.45, 2.75) is 6.54 Å². The molecule has 0 aliphatic carbocycles. The first-order valence-corrected chi connectivity index (χ1v) is 6.03. The summed E-state index contributed by atoms with van der Waals surface area (Å²) in [6.45, 7) is 2.16. The molecule has 19 heavy (non-hydrogen) atoms. The van der Waals surface area contributed by atoms with Gasteiger partial charge in [0.15, 0.2) is 0 Å². The molecule has 0 bridgehead atoms. The van der Waals surface area contributed by atoms with Crippen molar-refractivity contribution in [1.82, 2.24) is 4.90 Å². The number of aliphatic hydroxyl groups excluding tert-OH is 1. The van der Waals surface area contributed by atoms with Gasteiger partial charge in [0, 0.05) is 32.3 Å². The lowest BCUT2D eigenvalue weighted by molar-refractivity contribution is 0.127. The van der Waals surface area contributed by atoms with Crippen LogP contribution >= 0.6 is 0 Å². The number of amidine groups is 1. The van der Waals surface area contributed by atoms with Gasteiger partial charge in [-0.25, -0.2) is 4.39 Å². The predicted molar refractivity (Wildman–Crippen MR) is 71.7 cm³/mol. The summed E-state index contributed by atoms with van der Waals surface area (Å²) < 4.78 is 18.4. The summed E-state index contributed by atoms with van der Waals surface area (Å²) in [4.78, 5) is 1.95. The Hall–Kier alpha value is -1.50. The molecule has 0 saturated heterocycles. The zero-order valence-corrected chi connectivity index (χ0v) is 11.0. The van der Waals surface area contributed by atoms with Gasteiger partial charge in [-0.3, -0.25) is 10.3 Å². The fraction of sp³-hybridized carbons (Fsp3) is 0.462. The van der Waals surface area contributed by atoms with E-state index in [0.717, 1.165) is 5.56 Å². The summed E-state index contributed by atoms with van der Waals surface area (Å²) in [5, 5.41) is 16.3. The molecule has 1 aromatic rings. The molecule has 0 aromatic heterocycles. The van der Waals surface area contributed by atoms with Crippen molar-refractivity contribution in [2.24, 2.45) is 5.73 Å². The van der Waals surface area contributed by atoms with Gasteiger partial charge in [-0.1, -0.05) is 0 Å². The summed E-state index contributed by atoms with van der Waals surface area (Å²) in [6.07, 6.45) is 0. The lowest BCUT2D eigenvalue weighted by Crippen LogP contribution is -2.30. The first kappa shape index (κ1) is 15.6. The number of rotatable bonds is 8. The number of nitrogens with one attached hydrogen (secondary N) is 1. The normalized spacial score (nSPS) is 10.9. The van der Waals surface area contributed by atoms with E-state index >= 15 is 0 Å². The second-order valence-corrected chi connectivity index (χ2v) is 4.25. The number of nitrogen functional groups attached to an aromatic ring is 1. The number of nitrogens with zero attached hydrogens (tertiary/aromatic N) is 1. The third kappa shape index (κ3) is 5.34. The average molecular weight is 269 g/mol. The van der Waals surface area contributed by atoms with E-state index < -0.39 is 5.82 Å². The Balaban J connectivity index is 2.79. The van der Waals surface area contributed by atoms with Gasteiger partial charge < -0.3 is 15.6 Å². The first-order chi connectivity index (χ1) is 9.06. The van der Waals surface area contributed by atoms with Crippen molar-refractivity contribution in [3.8, 4) is 0 Å². The Kier molecular flexibility index (Phi) is 6.41. The smallest absolute Gasteiger partial charge is 0.124 e. The highest BCUT2D eigenvalue weighted by atomic mass is 19.1. The summed E-state index contributed by atoms with van der Waals surface area (Å²) in [6, 6.07) is 4.32. The average Bonchev–Trinajstić information content (AvgIpc) is 2.35. The van der Waals surface area contributed by atoms with Crippen LogP contribution in [0, 0.1) is 11.2 Å². The summed E-state index contributed by atoms with van der Waals surface area (Å²) in [5.41, 5.74) is 6.45. The molecule has 0 spiro atoms.